The number of benzene rings is 1. The number of pyridine rings is 1. The van der Waals surface area contributed by atoms with Crippen molar-refractivity contribution in [2.75, 3.05) is 7.11 Å². The van der Waals surface area contributed by atoms with Gasteiger partial charge in [-0.15, -0.1) is 0 Å². The molecule has 0 aliphatic rings. The highest BCUT2D eigenvalue weighted by atomic mass is 16.5. The molecule has 0 bridgehead atoms. The predicted molar refractivity (Wildman–Crippen MR) is 65.3 cm³/mol. The third kappa shape index (κ3) is 2.60. The van der Waals surface area contributed by atoms with Crippen LogP contribution in [0.25, 0.3) is 10.9 Å². The number of carbonyl (C=O) groups excluding carboxylic acids is 1. The van der Waals surface area contributed by atoms with Gasteiger partial charge < -0.3 is 10.5 Å². The van der Waals surface area contributed by atoms with E-state index in [1.807, 2.05) is 30.3 Å². The molecule has 0 aliphatic carbocycles. The summed E-state index contributed by atoms with van der Waals surface area (Å²) in [5.74, 6) is -0.302. The van der Waals surface area contributed by atoms with Gasteiger partial charge >= 0.3 is 5.97 Å². The van der Waals surface area contributed by atoms with Gasteiger partial charge in [-0.05, 0) is 23.8 Å². The van der Waals surface area contributed by atoms with Gasteiger partial charge in [0.2, 0.25) is 0 Å². The zero-order valence-corrected chi connectivity index (χ0v) is 9.59. The van der Waals surface area contributed by atoms with E-state index in [-0.39, 0.29) is 18.4 Å². The van der Waals surface area contributed by atoms with Gasteiger partial charge in [-0.3, -0.25) is 9.78 Å². The molecule has 1 aromatic carbocycles. The number of hydrogen-bond donors (Lipinski definition) is 1. The highest BCUT2D eigenvalue weighted by Crippen LogP contribution is 2.19. The van der Waals surface area contributed by atoms with Gasteiger partial charge in [0, 0.05) is 17.6 Å². The molecule has 1 aromatic heterocycles. The summed E-state index contributed by atoms with van der Waals surface area (Å²) in [6, 6.07) is 9.25. The minimum atomic E-state index is -0.341. The molecule has 0 aliphatic heterocycles. The van der Waals surface area contributed by atoms with Crippen LogP contribution >= 0.6 is 0 Å². The van der Waals surface area contributed by atoms with Crippen molar-refractivity contribution in [3.63, 3.8) is 0 Å². The van der Waals surface area contributed by atoms with Gasteiger partial charge in [-0.25, -0.2) is 0 Å². The van der Waals surface area contributed by atoms with E-state index in [9.17, 15) is 4.79 Å². The molecule has 4 heteroatoms. The summed E-state index contributed by atoms with van der Waals surface area (Å²) in [4.78, 5) is 15.4. The van der Waals surface area contributed by atoms with Gasteiger partial charge in [0.1, 0.15) is 0 Å². The first-order valence-corrected chi connectivity index (χ1v) is 5.38. The van der Waals surface area contributed by atoms with Crippen LogP contribution in [0.5, 0.6) is 0 Å². The fourth-order valence-electron chi connectivity index (χ4n) is 1.71. The fourth-order valence-corrected chi connectivity index (χ4v) is 1.71. The highest BCUT2D eigenvalue weighted by molar-refractivity contribution is 5.79. The summed E-state index contributed by atoms with van der Waals surface area (Å²) < 4.78 is 4.60. The number of nitrogens with two attached hydrogens (primary N) is 1. The SMILES string of the molecule is COC(=O)C[C@H](N)c1ccc2ncccc2c1. The third-order valence-corrected chi connectivity index (χ3v) is 2.67. The van der Waals surface area contributed by atoms with Gasteiger partial charge in [0.25, 0.3) is 0 Å². The second-order valence-corrected chi connectivity index (χ2v) is 3.84. The standard InChI is InChI=1S/C13H14N2O2/c1-17-13(16)8-11(14)9-4-5-12-10(7-9)3-2-6-15-12/h2-7,11H,8,14H2,1H3/t11-/m0/s1. The van der Waals surface area contributed by atoms with Crippen LogP contribution in [0.1, 0.15) is 18.0 Å². The molecule has 0 fully saturated rings. The lowest BCUT2D eigenvalue weighted by atomic mass is 10.0. The van der Waals surface area contributed by atoms with Gasteiger partial charge in [-0.1, -0.05) is 12.1 Å². The van der Waals surface area contributed by atoms with Crippen molar-refractivity contribution in [3.05, 3.63) is 42.1 Å². The lowest BCUT2D eigenvalue weighted by Gasteiger charge is -2.11. The summed E-state index contributed by atoms with van der Waals surface area (Å²) in [5.41, 5.74) is 7.77. The number of rotatable bonds is 3. The molecule has 2 rings (SSSR count). The van der Waals surface area contributed by atoms with Crippen LogP contribution < -0.4 is 5.73 Å². The van der Waals surface area contributed by atoms with Crippen LogP contribution in [0.3, 0.4) is 0 Å². The summed E-state index contributed by atoms with van der Waals surface area (Å²) in [6.07, 6.45) is 1.93. The van der Waals surface area contributed by atoms with Crippen LogP contribution in [0.15, 0.2) is 36.5 Å². The van der Waals surface area contributed by atoms with Crippen LogP contribution in [0.4, 0.5) is 0 Å². The van der Waals surface area contributed by atoms with E-state index in [4.69, 9.17) is 5.73 Å². The topological polar surface area (TPSA) is 65.2 Å². The van der Waals surface area contributed by atoms with Crippen LogP contribution in [0, 0.1) is 0 Å². The molecule has 0 spiro atoms. The first-order chi connectivity index (χ1) is 8.20. The minimum absolute atomic E-state index is 0.183. The molecule has 4 nitrogen and oxygen atoms in total. The van der Waals surface area contributed by atoms with Crippen LogP contribution in [-0.4, -0.2) is 18.1 Å². The molecule has 0 unspecified atom stereocenters. The van der Waals surface area contributed by atoms with Crippen LogP contribution in [-0.2, 0) is 9.53 Å². The smallest absolute Gasteiger partial charge is 0.307 e. The molecular formula is C13H14N2O2. The van der Waals surface area contributed by atoms with E-state index in [1.54, 1.807) is 6.20 Å². The number of ether oxygens (including phenoxy) is 1. The summed E-state index contributed by atoms with van der Waals surface area (Å²) in [6.45, 7) is 0. The number of nitrogens with zero attached hydrogens (tertiary/aromatic N) is 1. The molecular weight excluding hydrogens is 216 g/mol. The Kier molecular flexibility index (Phi) is 3.35. The maximum atomic E-state index is 11.1. The molecule has 17 heavy (non-hydrogen) atoms. The van der Waals surface area contributed by atoms with E-state index >= 15 is 0 Å². The zero-order chi connectivity index (χ0) is 12.3. The van der Waals surface area contributed by atoms with E-state index in [0.29, 0.717) is 0 Å². The van der Waals surface area contributed by atoms with Crippen molar-refractivity contribution < 1.29 is 9.53 Å². The van der Waals surface area contributed by atoms with Gasteiger partial charge in [0.15, 0.2) is 0 Å². The van der Waals surface area contributed by atoms with Crippen molar-refractivity contribution >= 4 is 16.9 Å². The molecule has 0 radical (unpaired) electrons. The number of methoxy groups -OCH3 is 1. The number of esters is 1. The number of carbonyl (C=O) groups is 1. The Morgan fingerprint density at radius 3 is 3.06 bits per heavy atom. The molecule has 1 heterocycles. The van der Waals surface area contributed by atoms with Crippen molar-refractivity contribution in [2.24, 2.45) is 5.73 Å². The Morgan fingerprint density at radius 2 is 2.29 bits per heavy atom. The van der Waals surface area contributed by atoms with Crippen LogP contribution in [0.2, 0.25) is 0 Å². The Labute approximate surface area is 99.4 Å². The maximum absolute atomic E-state index is 11.1. The monoisotopic (exact) mass is 230 g/mol. The summed E-state index contributed by atoms with van der Waals surface area (Å²) in [5, 5.41) is 1.02. The second kappa shape index (κ2) is 4.93. The van der Waals surface area contributed by atoms with E-state index in [1.165, 1.54) is 7.11 Å². The number of fused-ring (bicyclic) bond motifs is 1. The Morgan fingerprint density at radius 1 is 1.47 bits per heavy atom. The average molecular weight is 230 g/mol. The highest BCUT2D eigenvalue weighted by Gasteiger charge is 2.12. The molecule has 88 valence electrons. The Balaban J connectivity index is 2.26. The van der Waals surface area contributed by atoms with Crippen molar-refractivity contribution in [1.29, 1.82) is 0 Å². The zero-order valence-electron chi connectivity index (χ0n) is 9.59. The van der Waals surface area contributed by atoms with Crippen molar-refractivity contribution in [1.82, 2.24) is 4.98 Å². The maximum Gasteiger partial charge on any atom is 0.307 e. The minimum Gasteiger partial charge on any atom is -0.469 e. The van der Waals surface area contributed by atoms with E-state index in [0.717, 1.165) is 16.5 Å². The summed E-state index contributed by atoms with van der Waals surface area (Å²) in [7, 11) is 1.36. The Bertz CT molecular complexity index is 540. The van der Waals surface area contributed by atoms with Crippen molar-refractivity contribution in [3.8, 4) is 0 Å². The quantitative estimate of drug-likeness (QED) is 0.816. The molecule has 2 aromatic rings. The molecule has 2 N–H and O–H groups in total. The molecule has 0 saturated heterocycles. The average Bonchev–Trinajstić information content (AvgIpc) is 2.38. The van der Waals surface area contributed by atoms with E-state index in [2.05, 4.69) is 9.72 Å². The third-order valence-electron chi connectivity index (χ3n) is 2.67. The largest absolute Gasteiger partial charge is 0.469 e. The molecule has 0 saturated carbocycles. The number of hydrogen-bond acceptors (Lipinski definition) is 4. The van der Waals surface area contributed by atoms with Crippen molar-refractivity contribution in [2.45, 2.75) is 12.5 Å². The fraction of sp³-hybridized carbons (Fsp3) is 0.231. The second-order valence-electron chi connectivity index (χ2n) is 3.84. The first-order valence-electron chi connectivity index (χ1n) is 5.38. The predicted octanol–water partition coefficient (Wildman–Crippen LogP) is 1.80. The molecule has 1 atom stereocenters. The van der Waals surface area contributed by atoms with Gasteiger partial charge in [-0.2, -0.15) is 0 Å². The van der Waals surface area contributed by atoms with E-state index < -0.39 is 0 Å². The lowest BCUT2D eigenvalue weighted by Crippen LogP contribution is -2.16. The first kappa shape index (κ1) is 11.5. The normalized spacial score (nSPS) is 12.4. The molecule has 0 amide bonds. The lowest BCUT2D eigenvalue weighted by molar-refractivity contribution is -0.141. The number of aromatic nitrogens is 1. The Hall–Kier alpha value is -1.94. The summed E-state index contributed by atoms with van der Waals surface area (Å²) >= 11 is 0. The van der Waals surface area contributed by atoms with Gasteiger partial charge in [0.05, 0.1) is 19.0 Å².